The molecule has 1 aromatic heterocycles. The zero-order valence-electron chi connectivity index (χ0n) is 6.40. The lowest BCUT2D eigenvalue weighted by Gasteiger charge is -1.95. The summed E-state index contributed by atoms with van der Waals surface area (Å²) in [4.78, 5) is 22.6. The molecule has 0 aliphatic rings. The maximum absolute atomic E-state index is 10.9. The third-order valence-electron chi connectivity index (χ3n) is 1.58. The third kappa shape index (κ3) is 1.13. The molecule has 0 spiro atoms. The van der Waals surface area contributed by atoms with Crippen LogP contribution in [0.5, 0.6) is 0 Å². The molecule has 7 heteroatoms. The Labute approximate surface area is 68.8 Å². The first kappa shape index (κ1) is 8.57. The molecule has 2 radical (unpaired) electrons. The normalized spacial score (nSPS) is 10.1. The molecule has 0 unspecified atom stereocenters. The molecule has 0 fully saturated rings. The van der Waals surface area contributed by atoms with Crippen LogP contribution in [0.4, 0.5) is 5.82 Å². The Balaban J connectivity index is 3.39. The van der Waals surface area contributed by atoms with Crippen molar-refractivity contribution in [2.45, 2.75) is 6.32 Å². The van der Waals surface area contributed by atoms with Gasteiger partial charge in [-0.25, -0.2) is 4.79 Å². The van der Waals surface area contributed by atoms with Crippen molar-refractivity contribution in [3.05, 3.63) is 26.3 Å². The molecule has 0 bridgehead atoms. The van der Waals surface area contributed by atoms with Gasteiger partial charge in [-0.2, -0.15) is 4.98 Å². The van der Waals surface area contributed by atoms with Crippen molar-refractivity contribution in [3.8, 4) is 0 Å². The summed E-state index contributed by atoms with van der Waals surface area (Å²) in [7, 11) is 6.64. The van der Waals surface area contributed by atoms with E-state index < -0.39 is 10.6 Å². The first-order valence-corrected chi connectivity index (χ1v) is 3.20. The van der Waals surface area contributed by atoms with Crippen molar-refractivity contribution in [3.63, 3.8) is 0 Å². The molecule has 0 aliphatic carbocycles. The number of H-pyrrole nitrogens is 1. The van der Waals surface area contributed by atoms with Gasteiger partial charge in [0.1, 0.15) is 5.69 Å². The zero-order chi connectivity index (χ0) is 9.30. The summed E-state index contributed by atoms with van der Waals surface area (Å²) in [6, 6.07) is 0. The Kier molecular flexibility index (Phi) is 2.03. The van der Waals surface area contributed by atoms with Crippen LogP contribution in [0.25, 0.3) is 0 Å². The average molecular weight is 167 g/mol. The van der Waals surface area contributed by atoms with E-state index in [4.69, 9.17) is 7.85 Å². The molecule has 1 aromatic rings. The Morgan fingerprint density at radius 1 is 1.75 bits per heavy atom. The van der Waals surface area contributed by atoms with Crippen LogP contribution in [0.15, 0.2) is 4.79 Å². The largest absolute Gasteiger partial charge is 0.413 e. The number of hydrogen-bond donors (Lipinski definition) is 1. The van der Waals surface area contributed by atoms with Crippen molar-refractivity contribution < 1.29 is 4.92 Å². The van der Waals surface area contributed by atoms with Crippen molar-refractivity contribution >= 4 is 13.7 Å². The Hall–Kier alpha value is -1.53. The van der Waals surface area contributed by atoms with Crippen LogP contribution in [-0.4, -0.2) is 22.3 Å². The number of hydrogen-bond acceptors (Lipinski definition) is 3. The summed E-state index contributed by atoms with van der Waals surface area (Å²) < 4.78 is 1.12. The van der Waals surface area contributed by atoms with Crippen LogP contribution in [0.2, 0.25) is 0 Å². The zero-order valence-corrected chi connectivity index (χ0v) is 6.40. The van der Waals surface area contributed by atoms with Crippen LogP contribution in [-0.2, 0) is 13.4 Å². The Bertz CT molecular complexity index is 367. The smallest absolute Gasteiger partial charge is 0.358 e. The van der Waals surface area contributed by atoms with Gasteiger partial charge in [-0.15, -0.1) is 0 Å². The average Bonchev–Trinajstić information content (AvgIpc) is 2.29. The van der Waals surface area contributed by atoms with Gasteiger partial charge < -0.3 is 10.1 Å². The molecule has 6 nitrogen and oxygen atoms in total. The molecule has 1 heterocycles. The monoisotopic (exact) mass is 167 g/mol. The quantitative estimate of drug-likeness (QED) is 0.358. The number of nitro groups is 1. The lowest BCUT2D eigenvalue weighted by molar-refractivity contribution is -0.390. The molecule has 62 valence electrons. The van der Waals surface area contributed by atoms with E-state index in [2.05, 4.69) is 4.98 Å². The predicted molar refractivity (Wildman–Crippen MR) is 42.1 cm³/mol. The first-order chi connectivity index (χ1) is 5.57. The first-order valence-electron chi connectivity index (χ1n) is 3.20. The highest BCUT2D eigenvalue weighted by Crippen LogP contribution is 2.11. The van der Waals surface area contributed by atoms with Crippen LogP contribution < -0.4 is 5.69 Å². The van der Waals surface area contributed by atoms with Gasteiger partial charge in [0.05, 0.1) is 7.85 Å². The molecule has 0 aromatic carbocycles. The van der Waals surface area contributed by atoms with E-state index >= 15 is 0 Å². The summed E-state index contributed by atoms with van der Waals surface area (Å²) in [6.07, 6.45) is -0.0362. The van der Waals surface area contributed by atoms with Crippen molar-refractivity contribution in [2.24, 2.45) is 7.05 Å². The number of aromatic nitrogens is 2. The van der Waals surface area contributed by atoms with E-state index in [1.807, 2.05) is 0 Å². The number of nitrogens with zero attached hydrogens (tertiary/aromatic N) is 2. The third-order valence-corrected chi connectivity index (χ3v) is 1.58. The molecule has 1 N–H and O–H groups in total. The fourth-order valence-corrected chi connectivity index (χ4v) is 0.923. The lowest BCUT2D eigenvalue weighted by atomic mass is 10.0. The lowest BCUT2D eigenvalue weighted by Crippen LogP contribution is -2.14. The molecule has 0 aliphatic heterocycles. The van der Waals surface area contributed by atoms with Crippen LogP contribution in [0.3, 0.4) is 0 Å². The van der Waals surface area contributed by atoms with Crippen molar-refractivity contribution in [1.82, 2.24) is 9.55 Å². The van der Waals surface area contributed by atoms with E-state index in [0.717, 1.165) is 4.57 Å². The fraction of sp³-hybridized carbons (Fsp3) is 0.400. The van der Waals surface area contributed by atoms with Crippen LogP contribution >= 0.6 is 0 Å². The van der Waals surface area contributed by atoms with Gasteiger partial charge in [0.25, 0.3) is 0 Å². The predicted octanol–water partition coefficient (Wildman–Crippen LogP) is -0.710. The van der Waals surface area contributed by atoms with E-state index in [9.17, 15) is 14.9 Å². The topological polar surface area (TPSA) is 80.9 Å². The Morgan fingerprint density at radius 3 is 2.67 bits per heavy atom. The van der Waals surface area contributed by atoms with E-state index in [0.29, 0.717) is 0 Å². The van der Waals surface area contributed by atoms with Gasteiger partial charge in [-0.1, -0.05) is 0 Å². The van der Waals surface area contributed by atoms with Gasteiger partial charge >= 0.3 is 11.5 Å². The van der Waals surface area contributed by atoms with E-state index in [-0.39, 0.29) is 17.8 Å². The molecule has 12 heavy (non-hydrogen) atoms. The molecule has 0 amide bonds. The Morgan fingerprint density at radius 2 is 2.33 bits per heavy atom. The molecular formula is C5H6BN3O3. The second kappa shape index (κ2) is 2.84. The molecule has 1 rings (SSSR count). The summed E-state index contributed by atoms with van der Waals surface area (Å²) in [5, 5.41) is 10.3. The number of aromatic amines is 1. The minimum absolute atomic E-state index is 0.0362. The highest BCUT2D eigenvalue weighted by molar-refractivity contribution is 6.08. The summed E-state index contributed by atoms with van der Waals surface area (Å²) in [5.74, 6) is -0.329. The second-order valence-corrected chi connectivity index (χ2v) is 2.25. The van der Waals surface area contributed by atoms with Gasteiger partial charge in [0, 0.05) is 7.05 Å². The fourth-order valence-electron chi connectivity index (χ4n) is 0.923. The summed E-state index contributed by atoms with van der Waals surface area (Å²) in [6.45, 7) is 0. The molecule has 0 atom stereocenters. The van der Waals surface area contributed by atoms with Crippen molar-refractivity contribution in [2.75, 3.05) is 0 Å². The van der Waals surface area contributed by atoms with E-state index in [1.165, 1.54) is 7.05 Å². The second-order valence-electron chi connectivity index (χ2n) is 2.25. The SMILES string of the molecule is [B]Cc1c([N+](=O)[O-])[nH]c(=O)n1C. The van der Waals surface area contributed by atoms with Gasteiger partial charge in [-0.3, -0.25) is 4.57 Å². The van der Waals surface area contributed by atoms with Gasteiger partial charge in [-0.05, 0) is 11.2 Å². The van der Waals surface area contributed by atoms with Crippen LogP contribution in [0, 0.1) is 10.1 Å². The molecule has 0 saturated carbocycles. The van der Waals surface area contributed by atoms with Gasteiger partial charge in [0.2, 0.25) is 0 Å². The van der Waals surface area contributed by atoms with Crippen LogP contribution in [0.1, 0.15) is 5.69 Å². The number of nitrogens with one attached hydrogen (secondary N) is 1. The summed E-state index contributed by atoms with van der Waals surface area (Å²) >= 11 is 0. The molecule has 0 saturated heterocycles. The van der Waals surface area contributed by atoms with Crippen molar-refractivity contribution in [1.29, 1.82) is 0 Å². The number of rotatable bonds is 2. The highest BCUT2D eigenvalue weighted by atomic mass is 16.6. The van der Waals surface area contributed by atoms with E-state index in [1.54, 1.807) is 0 Å². The maximum Gasteiger partial charge on any atom is 0.413 e. The summed E-state index contributed by atoms with van der Waals surface area (Å²) in [5.41, 5.74) is -0.327. The minimum atomic E-state index is -0.663. The number of imidazole rings is 1. The highest BCUT2D eigenvalue weighted by Gasteiger charge is 2.17. The maximum atomic E-state index is 10.9. The standard InChI is InChI=1S/C5H6BN3O3/c1-8-3(2-6)4(9(11)12)7-5(8)10/h2H2,1H3,(H,7,10). The van der Waals surface area contributed by atoms with Gasteiger partial charge in [0.15, 0.2) is 0 Å². The minimum Gasteiger partial charge on any atom is -0.358 e. The molecular weight excluding hydrogens is 161 g/mol.